The number of methoxy groups -OCH3 is 1. The van der Waals surface area contributed by atoms with Gasteiger partial charge in [-0.1, -0.05) is 17.9 Å². The molecule has 0 unspecified atom stereocenters. The number of rotatable bonds is 1. The van der Waals surface area contributed by atoms with E-state index in [1.165, 1.54) is 7.11 Å². The second kappa shape index (κ2) is 5.13. The van der Waals surface area contributed by atoms with Crippen molar-refractivity contribution in [2.24, 2.45) is 0 Å². The fraction of sp³-hybridized carbons (Fsp3) is 0.143. The number of hydrogen-bond donors (Lipinski definition) is 0. The van der Waals surface area contributed by atoms with Crippen molar-refractivity contribution in [3.05, 3.63) is 42.1 Å². The molecule has 0 aliphatic heterocycles. The fourth-order valence-electron chi connectivity index (χ4n) is 1.44. The van der Waals surface area contributed by atoms with E-state index in [2.05, 4.69) is 21.6 Å². The van der Waals surface area contributed by atoms with Gasteiger partial charge in [0, 0.05) is 17.1 Å². The second-order valence-electron chi connectivity index (χ2n) is 3.47. The first-order valence-electron chi connectivity index (χ1n) is 5.20. The number of fused-ring (bicyclic) bond motifs is 1. The Morgan fingerprint density at radius 2 is 2.29 bits per heavy atom. The normalized spacial score (nSPS) is 9.47. The smallest absolute Gasteiger partial charge is 0.317 e. The van der Waals surface area contributed by atoms with Crippen LogP contribution in [0, 0.1) is 11.8 Å². The average Bonchev–Trinajstić information content (AvgIpc) is 2.38. The minimum absolute atomic E-state index is 0.113. The topological polar surface area (TPSA) is 39.2 Å². The first kappa shape index (κ1) is 11.2. The number of carbonyl (C=O) groups excluding carboxylic acids is 1. The molecular formula is C14H11NO2. The number of ether oxygens (including phenoxy) is 1. The van der Waals surface area contributed by atoms with Gasteiger partial charge < -0.3 is 4.74 Å². The molecule has 3 heteroatoms. The van der Waals surface area contributed by atoms with E-state index in [0.29, 0.717) is 0 Å². The maximum absolute atomic E-state index is 10.9. The summed E-state index contributed by atoms with van der Waals surface area (Å²) < 4.78 is 4.51. The molecule has 0 N–H and O–H groups in total. The number of benzene rings is 1. The Bertz CT molecular complexity index is 608. The number of hydrogen-bond acceptors (Lipinski definition) is 3. The van der Waals surface area contributed by atoms with Crippen LogP contribution in [0.15, 0.2) is 36.5 Å². The zero-order valence-corrected chi connectivity index (χ0v) is 9.43. The summed E-state index contributed by atoms with van der Waals surface area (Å²) in [5.41, 5.74) is 1.81. The first-order valence-corrected chi connectivity index (χ1v) is 5.20. The van der Waals surface area contributed by atoms with Crippen LogP contribution in [0.3, 0.4) is 0 Å². The molecule has 1 aromatic carbocycles. The first-order chi connectivity index (χ1) is 8.29. The van der Waals surface area contributed by atoms with E-state index in [1.54, 1.807) is 6.20 Å². The van der Waals surface area contributed by atoms with Crippen molar-refractivity contribution in [2.75, 3.05) is 7.11 Å². The number of carbonyl (C=O) groups is 1. The van der Waals surface area contributed by atoms with E-state index in [9.17, 15) is 4.79 Å². The third-order valence-corrected chi connectivity index (χ3v) is 2.30. The largest absolute Gasteiger partial charge is 0.468 e. The van der Waals surface area contributed by atoms with Crippen molar-refractivity contribution in [2.45, 2.75) is 6.42 Å². The Morgan fingerprint density at radius 3 is 3.12 bits per heavy atom. The zero-order valence-electron chi connectivity index (χ0n) is 9.43. The van der Waals surface area contributed by atoms with Crippen LogP contribution in [-0.4, -0.2) is 18.1 Å². The van der Waals surface area contributed by atoms with Gasteiger partial charge in [-0.25, -0.2) is 0 Å². The van der Waals surface area contributed by atoms with E-state index in [1.807, 2.05) is 30.3 Å². The summed E-state index contributed by atoms with van der Waals surface area (Å²) in [5, 5.41) is 1.04. The Labute approximate surface area is 99.4 Å². The van der Waals surface area contributed by atoms with Crippen molar-refractivity contribution in [3.63, 3.8) is 0 Å². The maximum atomic E-state index is 10.9. The van der Waals surface area contributed by atoms with Crippen LogP contribution in [0.4, 0.5) is 0 Å². The van der Waals surface area contributed by atoms with Gasteiger partial charge in [0.15, 0.2) is 0 Å². The van der Waals surface area contributed by atoms with Crippen LogP contribution < -0.4 is 0 Å². The van der Waals surface area contributed by atoms with Crippen LogP contribution in [0.25, 0.3) is 10.9 Å². The standard InChI is InChI=1S/C14H11NO2/c1-17-14(16)6-2-4-11-7-8-13-12(10-11)5-3-9-15-13/h3,5,7-10H,6H2,1H3. The Kier molecular flexibility index (Phi) is 3.37. The molecular weight excluding hydrogens is 214 g/mol. The lowest BCUT2D eigenvalue weighted by molar-refractivity contribution is -0.139. The van der Waals surface area contributed by atoms with Gasteiger partial charge in [-0.2, -0.15) is 0 Å². The summed E-state index contributed by atoms with van der Waals surface area (Å²) in [7, 11) is 1.35. The van der Waals surface area contributed by atoms with E-state index < -0.39 is 0 Å². The number of aromatic nitrogens is 1. The summed E-state index contributed by atoms with van der Waals surface area (Å²) in [5.74, 6) is 5.38. The molecule has 84 valence electrons. The average molecular weight is 225 g/mol. The van der Waals surface area contributed by atoms with Gasteiger partial charge in [0.2, 0.25) is 0 Å². The molecule has 0 saturated carbocycles. The summed E-state index contributed by atoms with van der Waals surface area (Å²) in [4.78, 5) is 15.1. The SMILES string of the molecule is COC(=O)CC#Cc1ccc2ncccc2c1. The lowest BCUT2D eigenvalue weighted by atomic mass is 10.1. The summed E-state index contributed by atoms with van der Waals surface area (Å²) in [6.07, 6.45) is 1.87. The number of pyridine rings is 1. The predicted octanol–water partition coefficient (Wildman–Crippen LogP) is 2.15. The van der Waals surface area contributed by atoms with Crippen molar-refractivity contribution < 1.29 is 9.53 Å². The molecule has 2 aromatic rings. The van der Waals surface area contributed by atoms with Gasteiger partial charge in [0.1, 0.15) is 6.42 Å². The van der Waals surface area contributed by atoms with Crippen molar-refractivity contribution >= 4 is 16.9 Å². The Balaban J connectivity index is 2.22. The lowest BCUT2D eigenvalue weighted by Gasteiger charge is -1.96. The number of esters is 1. The molecule has 0 spiro atoms. The molecule has 0 bridgehead atoms. The van der Waals surface area contributed by atoms with Crippen LogP contribution in [0.1, 0.15) is 12.0 Å². The quantitative estimate of drug-likeness (QED) is 0.551. The summed E-state index contributed by atoms with van der Waals surface area (Å²) in [6.45, 7) is 0. The van der Waals surface area contributed by atoms with Crippen LogP contribution >= 0.6 is 0 Å². The highest BCUT2D eigenvalue weighted by Crippen LogP contribution is 2.12. The number of nitrogens with zero attached hydrogens (tertiary/aromatic N) is 1. The Morgan fingerprint density at radius 1 is 1.41 bits per heavy atom. The highest BCUT2D eigenvalue weighted by Gasteiger charge is 1.95. The van der Waals surface area contributed by atoms with Gasteiger partial charge in [-0.3, -0.25) is 9.78 Å². The molecule has 2 rings (SSSR count). The summed E-state index contributed by atoms with van der Waals surface area (Å²) >= 11 is 0. The third kappa shape index (κ3) is 2.82. The minimum atomic E-state index is -0.319. The molecule has 0 aliphatic rings. The molecule has 17 heavy (non-hydrogen) atoms. The van der Waals surface area contributed by atoms with Crippen molar-refractivity contribution in [1.82, 2.24) is 4.98 Å². The fourth-order valence-corrected chi connectivity index (χ4v) is 1.44. The minimum Gasteiger partial charge on any atom is -0.468 e. The molecule has 0 aliphatic carbocycles. The molecule has 0 fully saturated rings. The highest BCUT2D eigenvalue weighted by atomic mass is 16.5. The van der Waals surface area contributed by atoms with E-state index in [0.717, 1.165) is 16.5 Å². The van der Waals surface area contributed by atoms with Crippen molar-refractivity contribution in [1.29, 1.82) is 0 Å². The van der Waals surface area contributed by atoms with E-state index in [4.69, 9.17) is 0 Å². The lowest BCUT2D eigenvalue weighted by Crippen LogP contribution is -1.96. The van der Waals surface area contributed by atoms with E-state index >= 15 is 0 Å². The molecule has 1 aromatic heterocycles. The zero-order chi connectivity index (χ0) is 12.1. The summed E-state index contributed by atoms with van der Waals surface area (Å²) in [6, 6.07) is 9.62. The van der Waals surface area contributed by atoms with Crippen LogP contribution in [-0.2, 0) is 9.53 Å². The van der Waals surface area contributed by atoms with Crippen LogP contribution in [0.2, 0.25) is 0 Å². The van der Waals surface area contributed by atoms with Gasteiger partial charge in [0.05, 0.1) is 12.6 Å². The van der Waals surface area contributed by atoms with Gasteiger partial charge >= 0.3 is 5.97 Å². The third-order valence-electron chi connectivity index (χ3n) is 2.30. The van der Waals surface area contributed by atoms with E-state index in [-0.39, 0.29) is 12.4 Å². The Hall–Kier alpha value is -2.34. The molecule has 0 amide bonds. The molecule has 0 atom stereocenters. The predicted molar refractivity (Wildman–Crippen MR) is 65.3 cm³/mol. The molecule has 3 nitrogen and oxygen atoms in total. The van der Waals surface area contributed by atoms with Crippen molar-refractivity contribution in [3.8, 4) is 11.8 Å². The molecule has 1 heterocycles. The molecule has 0 radical (unpaired) electrons. The monoisotopic (exact) mass is 225 g/mol. The second-order valence-corrected chi connectivity index (χ2v) is 3.47. The molecule has 0 saturated heterocycles. The van der Waals surface area contributed by atoms with Gasteiger partial charge in [0.25, 0.3) is 0 Å². The maximum Gasteiger partial charge on any atom is 0.317 e. The van der Waals surface area contributed by atoms with Crippen LogP contribution in [0.5, 0.6) is 0 Å². The van der Waals surface area contributed by atoms with Gasteiger partial charge in [-0.15, -0.1) is 0 Å². The highest BCUT2D eigenvalue weighted by molar-refractivity contribution is 5.80. The van der Waals surface area contributed by atoms with Gasteiger partial charge in [-0.05, 0) is 24.3 Å².